The van der Waals surface area contributed by atoms with Gasteiger partial charge in [0.25, 0.3) is 0 Å². The lowest BCUT2D eigenvalue weighted by molar-refractivity contribution is -0.124. The van der Waals surface area contributed by atoms with E-state index in [0.29, 0.717) is 5.02 Å². The van der Waals surface area contributed by atoms with Gasteiger partial charge in [0.05, 0.1) is 11.6 Å². The van der Waals surface area contributed by atoms with Crippen LogP contribution in [-0.4, -0.2) is 11.9 Å². The largest absolute Gasteiger partial charge is 0.345 e. The molecule has 0 heterocycles. The predicted octanol–water partition coefficient (Wildman–Crippen LogP) is 2.57. The Kier molecular flexibility index (Phi) is 3.93. The van der Waals surface area contributed by atoms with E-state index >= 15 is 0 Å². The molecule has 1 aliphatic rings. The van der Waals surface area contributed by atoms with E-state index in [2.05, 4.69) is 5.32 Å². The minimum Gasteiger partial charge on any atom is -0.345 e. The van der Waals surface area contributed by atoms with Crippen molar-refractivity contribution >= 4 is 17.5 Å². The Labute approximate surface area is 113 Å². The molecule has 0 saturated heterocycles. The van der Waals surface area contributed by atoms with Gasteiger partial charge in [-0.05, 0) is 37.5 Å². The fraction of sp³-hybridized carbons (Fsp3) is 0.500. The van der Waals surface area contributed by atoms with E-state index in [4.69, 9.17) is 17.3 Å². The van der Waals surface area contributed by atoms with Gasteiger partial charge in [-0.25, -0.2) is 0 Å². The molecule has 3 nitrogen and oxygen atoms in total. The van der Waals surface area contributed by atoms with Crippen molar-refractivity contribution < 1.29 is 4.79 Å². The summed E-state index contributed by atoms with van der Waals surface area (Å²) in [4.78, 5) is 11.9. The van der Waals surface area contributed by atoms with Gasteiger partial charge in [0, 0.05) is 5.02 Å². The third kappa shape index (κ3) is 2.68. The molecule has 0 radical (unpaired) electrons. The van der Waals surface area contributed by atoms with Crippen molar-refractivity contribution in [1.82, 2.24) is 5.32 Å². The van der Waals surface area contributed by atoms with Gasteiger partial charge in [-0.15, -0.1) is 0 Å². The smallest absolute Gasteiger partial charge is 0.237 e. The minimum absolute atomic E-state index is 0.100. The molecule has 1 saturated carbocycles. The molecule has 1 aliphatic carbocycles. The Morgan fingerprint density at radius 3 is 2.67 bits per heavy atom. The molecule has 4 heteroatoms. The Morgan fingerprint density at radius 1 is 1.44 bits per heavy atom. The number of carbonyl (C=O) groups is 1. The van der Waals surface area contributed by atoms with Crippen LogP contribution in [0.5, 0.6) is 0 Å². The van der Waals surface area contributed by atoms with E-state index in [-0.39, 0.29) is 11.4 Å². The summed E-state index contributed by atoms with van der Waals surface area (Å²) in [5.41, 5.74) is 6.45. The Morgan fingerprint density at radius 2 is 2.11 bits per heavy atom. The summed E-state index contributed by atoms with van der Waals surface area (Å²) in [6, 6.07) is 7.26. The van der Waals surface area contributed by atoms with Gasteiger partial charge in [0.1, 0.15) is 0 Å². The lowest BCUT2D eigenvalue weighted by Gasteiger charge is -2.32. The zero-order valence-electron chi connectivity index (χ0n) is 10.6. The van der Waals surface area contributed by atoms with E-state index in [1.165, 1.54) is 0 Å². The molecule has 1 fully saturated rings. The van der Waals surface area contributed by atoms with Crippen molar-refractivity contribution in [2.75, 3.05) is 0 Å². The number of halogens is 1. The van der Waals surface area contributed by atoms with Crippen LogP contribution in [0.25, 0.3) is 0 Å². The number of hydrogen-bond acceptors (Lipinski definition) is 2. The lowest BCUT2D eigenvalue weighted by atomic mass is 9.88. The van der Waals surface area contributed by atoms with Crippen molar-refractivity contribution in [3.8, 4) is 0 Å². The highest BCUT2D eigenvalue weighted by molar-refractivity contribution is 6.30. The second kappa shape index (κ2) is 5.29. The molecule has 0 aliphatic heterocycles. The second-order valence-electron chi connectivity index (χ2n) is 5.08. The minimum atomic E-state index is -0.485. The van der Waals surface area contributed by atoms with Crippen LogP contribution in [0.3, 0.4) is 0 Å². The first-order chi connectivity index (χ1) is 8.53. The first-order valence-electron chi connectivity index (χ1n) is 6.37. The average molecular weight is 267 g/mol. The molecule has 0 aromatic heterocycles. The quantitative estimate of drug-likeness (QED) is 0.884. The van der Waals surface area contributed by atoms with Crippen LogP contribution >= 0.6 is 11.6 Å². The van der Waals surface area contributed by atoms with Gasteiger partial charge in [0.15, 0.2) is 0 Å². The van der Waals surface area contributed by atoms with Gasteiger partial charge in [-0.1, -0.05) is 36.6 Å². The Bertz CT molecular complexity index is 439. The summed E-state index contributed by atoms with van der Waals surface area (Å²) in [7, 11) is 0. The number of benzene rings is 1. The van der Waals surface area contributed by atoms with Crippen molar-refractivity contribution in [1.29, 1.82) is 0 Å². The molecule has 1 aromatic carbocycles. The summed E-state index contributed by atoms with van der Waals surface area (Å²) in [6.45, 7) is 1.70. The standard InChI is InChI=1S/C14H19ClN2O/c1-10(16)13(18)17-14(7-2-3-8-14)11-5-4-6-12(15)9-11/h4-6,9-10H,2-3,7-8,16H2,1H3,(H,17,18). The van der Waals surface area contributed by atoms with E-state index < -0.39 is 6.04 Å². The molecule has 1 unspecified atom stereocenters. The van der Waals surface area contributed by atoms with Crippen molar-refractivity contribution in [2.45, 2.75) is 44.2 Å². The van der Waals surface area contributed by atoms with Crippen LogP contribution in [0.4, 0.5) is 0 Å². The SMILES string of the molecule is CC(N)C(=O)NC1(c2cccc(Cl)c2)CCCC1. The van der Waals surface area contributed by atoms with Gasteiger partial charge in [0.2, 0.25) is 5.91 Å². The molecule has 2 rings (SSSR count). The van der Waals surface area contributed by atoms with E-state index in [1.54, 1.807) is 6.92 Å². The maximum absolute atomic E-state index is 11.9. The van der Waals surface area contributed by atoms with Gasteiger partial charge in [-0.2, -0.15) is 0 Å². The molecule has 0 bridgehead atoms. The normalized spacial score (nSPS) is 19.5. The van der Waals surface area contributed by atoms with E-state index in [0.717, 1.165) is 31.2 Å². The number of hydrogen-bond donors (Lipinski definition) is 2. The third-order valence-corrected chi connectivity index (χ3v) is 3.85. The molecule has 0 spiro atoms. The highest BCUT2D eigenvalue weighted by Crippen LogP contribution is 2.39. The summed E-state index contributed by atoms with van der Waals surface area (Å²) < 4.78 is 0. The number of carbonyl (C=O) groups excluding carboxylic acids is 1. The van der Waals surface area contributed by atoms with Gasteiger partial charge < -0.3 is 11.1 Å². The lowest BCUT2D eigenvalue weighted by Crippen LogP contribution is -2.49. The summed E-state index contributed by atoms with van der Waals surface area (Å²) in [5, 5.41) is 3.82. The Balaban J connectivity index is 2.29. The monoisotopic (exact) mass is 266 g/mol. The predicted molar refractivity (Wildman–Crippen MR) is 73.4 cm³/mol. The Hall–Kier alpha value is -1.06. The highest BCUT2D eigenvalue weighted by atomic mass is 35.5. The van der Waals surface area contributed by atoms with E-state index in [1.807, 2.05) is 24.3 Å². The zero-order valence-corrected chi connectivity index (χ0v) is 11.3. The van der Waals surface area contributed by atoms with Crippen LogP contribution in [0.1, 0.15) is 38.2 Å². The molecule has 98 valence electrons. The molecule has 1 atom stereocenters. The average Bonchev–Trinajstić information content (AvgIpc) is 2.78. The van der Waals surface area contributed by atoms with Crippen LogP contribution < -0.4 is 11.1 Å². The number of rotatable bonds is 3. The summed E-state index contributed by atoms with van der Waals surface area (Å²) >= 11 is 6.05. The molecule has 1 aromatic rings. The van der Waals surface area contributed by atoms with Crippen molar-refractivity contribution in [3.05, 3.63) is 34.9 Å². The highest BCUT2D eigenvalue weighted by Gasteiger charge is 2.37. The van der Waals surface area contributed by atoms with E-state index in [9.17, 15) is 4.79 Å². The first kappa shape index (κ1) is 13.4. The molecule has 18 heavy (non-hydrogen) atoms. The molecular weight excluding hydrogens is 248 g/mol. The van der Waals surface area contributed by atoms with Gasteiger partial charge in [-0.3, -0.25) is 4.79 Å². The molecular formula is C14H19ClN2O. The molecule has 1 amide bonds. The van der Waals surface area contributed by atoms with Crippen molar-refractivity contribution in [2.24, 2.45) is 5.73 Å². The maximum atomic E-state index is 11.9. The summed E-state index contributed by atoms with van der Waals surface area (Å²) in [6.07, 6.45) is 4.13. The van der Waals surface area contributed by atoms with Crippen LogP contribution in [0.2, 0.25) is 5.02 Å². The topological polar surface area (TPSA) is 55.1 Å². The van der Waals surface area contributed by atoms with Crippen molar-refractivity contribution in [3.63, 3.8) is 0 Å². The van der Waals surface area contributed by atoms with Gasteiger partial charge >= 0.3 is 0 Å². The fourth-order valence-corrected chi connectivity index (χ4v) is 2.79. The van der Waals surface area contributed by atoms with Crippen LogP contribution in [0.15, 0.2) is 24.3 Å². The number of nitrogens with two attached hydrogens (primary N) is 1. The third-order valence-electron chi connectivity index (χ3n) is 3.61. The summed E-state index contributed by atoms with van der Waals surface area (Å²) in [5.74, 6) is -0.100. The number of amides is 1. The van der Waals surface area contributed by atoms with Crippen LogP contribution in [0, 0.1) is 0 Å². The first-order valence-corrected chi connectivity index (χ1v) is 6.75. The molecule has 3 N–H and O–H groups in total. The second-order valence-corrected chi connectivity index (χ2v) is 5.51. The van der Waals surface area contributed by atoms with Crippen LogP contribution in [-0.2, 0) is 10.3 Å². The zero-order chi connectivity index (χ0) is 13.2. The maximum Gasteiger partial charge on any atom is 0.237 e. The fourth-order valence-electron chi connectivity index (χ4n) is 2.60. The number of nitrogens with one attached hydrogen (secondary N) is 1.